The van der Waals surface area contributed by atoms with Gasteiger partial charge in [-0.25, -0.2) is 8.42 Å². The summed E-state index contributed by atoms with van der Waals surface area (Å²) in [4.78, 5) is 28.5. The van der Waals surface area contributed by atoms with E-state index >= 15 is 0 Å². The lowest BCUT2D eigenvalue weighted by Crippen LogP contribution is -2.53. The molecular weight excluding hydrogens is 578 g/mol. The van der Waals surface area contributed by atoms with Gasteiger partial charge in [-0.15, -0.1) is 0 Å². The number of hydrogen-bond donors (Lipinski definition) is 1. The minimum atomic E-state index is -4.28. The SMILES string of the molecule is CC[C@H](C)NC(=O)[C@H](C)N(CCc1ccccc1)C(=O)CN(c1ccc(Cl)cc1)S(=O)(=O)c1ccc(OC)c(OC)c1. The van der Waals surface area contributed by atoms with Crippen molar-refractivity contribution in [1.29, 1.82) is 0 Å². The molecule has 0 radical (unpaired) electrons. The Morgan fingerprint density at radius 1 is 0.929 bits per heavy atom. The van der Waals surface area contributed by atoms with Crippen molar-refractivity contribution in [1.82, 2.24) is 10.2 Å². The fourth-order valence-corrected chi connectivity index (χ4v) is 5.83. The predicted molar refractivity (Wildman–Crippen MR) is 165 cm³/mol. The maximum Gasteiger partial charge on any atom is 0.264 e. The Balaban J connectivity index is 2.01. The van der Waals surface area contributed by atoms with E-state index in [9.17, 15) is 18.0 Å². The van der Waals surface area contributed by atoms with Gasteiger partial charge < -0.3 is 19.7 Å². The van der Waals surface area contributed by atoms with Gasteiger partial charge in [0.2, 0.25) is 11.8 Å². The summed E-state index contributed by atoms with van der Waals surface area (Å²) in [5.74, 6) is -0.261. The lowest BCUT2D eigenvalue weighted by atomic mass is 10.1. The maximum atomic E-state index is 14.1. The zero-order valence-electron chi connectivity index (χ0n) is 24.5. The van der Waals surface area contributed by atoms with Crippen LogP contribution in [0.15, 0.2) is 77.7 Å². The number of carbonyl (C=O) groups is 2. The van der Waals surface area contributed by atoms with Crippen LogP contribution in [0.2, 0.25) is 5.02 Å². The molecule has 226 valence electrons. The number of sulfonamides is 1. The Morgan fingerprint density at radius 2 is 1.57 bits per heavy atom. The lowest BCUT2D eigenvalue weighted by Gasteiger charge is -2.32. The van der Waals surface area contributed by atoms with Crippen molar-refractivity contribution in [3.63, 3.8) is 0 Å². The van der Waals surface area contributed by atoms with Gasteiger partial charge in [0.1, 0.15) is 12.6 Å². The number of anilines is 1. The Kier molecular flexibility index (Phi) is 11.6. The molecule has 0 heterocycles. The number of nitrogens with zero attached hydrogens (tertiary/aromatic N) is 2. The standard InChI is InChI=1S/C31H38ClN3O6S/c1-6-22(2)33-31(37)23(3)34(19-18-24-10-8-7-9-11-24)30(36)21-35(26-14-12-25(32)13-15-26)42(38,39)27-16-17-28(40-4)29(20-27)41-5/h7-17,20,22-23H,6,18-19,21H2,1-5H3,(H,33,37)/t22-,23-/m0/s1. The number of halogens is 1. The predicted octanol–water partition coefficient (Wildman–Crippen LogP) is 4.93. The number of rotatable bonds is 14. The fraction of sp³-hybridized carbons (Fsp3) is 0.355. The first kappa shape index (κ1) is 32.8. The van der Waals surface area contributed by atoms with Crippen LogP contribution in [0.1, 0.15) is 32.8 Å². The Bertz CT molecular complexity index is 1450. The van der Waals surface area contributed by atoms with Crippen molar-refractivity contribution in [3.8, 4) is 11.5 Å². The molecule has 2 amide bonds. The van der Waals surface area contributed by atoms with Crippen molar-refractivity contribution < 1.29 is 27.5 Å². The Labute approximate surface area is 253 Å². The second kappa shape index (κ2) is 14.9. The molecule has 11 heteroatoms. The van der Waals surface area contributed by atoms with E-state index < -0.39 is 28.5 Å². The first-order chi connectivity index (χ1) is 20.0. The zero-order valence-corrected chi connectivity index (χ0v) is 26.1. The normalized spacial score (nSPS) is 12.6. The number of benzene rings is 3. The number of ether oxygens (including phenoxy) is 2. The summed E-state index contributed by atoms with van der Waals surface area (Å²) in [5.41, 5.74) is 1.22. The van der Waals surface area contributed by atoms with Crippen LogP contribution in [-0.2, 0) is 26.0 Å². The molecule has 0 saturated carbocycles. The van der Waals surface area contributed by atoms with E-state index in [-0.39, 0.29) is 34.8 Å². The summed E-state index contributed by atoms with van der Waals surface area (Å²) >= 11 is 6.09. The van der Waals surface area contributed by atoms with E-state index in [2.05, 4.69) is 5.32 Å². The largest absolute Gasteiger partial charge is 0.493 e. The zero-order chi connectivity index (χ0) is 30.9. The monoisotopic (exact) mass is 615 g/mol. The fourth-order valence-electron chi connectivity index (χ4n) is 4.28. The van der Waals surface area contributed by atoms with Crippen LogP contribution in [0.3, 0.4) is 0 Å². The van der Waals surface area contributed by atoms with Gasteiger partial charge in [0, 0.05) is 23.7 Å². The van der Waals surface area contributed by atoms with Gasteiger partial charge in [0.15, 0.2) is 11.5 Å². The summed E-state index contributed by atoms with van der Waals surface area (Å²) in [6, 6.07) is 19.0. The van der Waals surface area contributed by atoms with Crippen LogP contribution in [0, 0.1) is 0 Å². The average Bonchev–Trinajstić information content (AvgIpc) is 3.00. The number of nitrogens with one attached hydrogen (secondary N) is 1. The molecule has 0 spiro atoms. The van der Waals surface area contributed by atoms with Crippen molar-refractivity contribution in [2.45, 2.75) is 50.6 Å². The van der Waals surface area contributed by atoms with Crippen LogP contribution >= 0.6 is 11.6 Å². The summed E-state index contributed by atoms with van der Waals surface area (Å²) in [6.45, 7) is 5.16. The second-order valence-electron chi connectivity index (χ2n) is 9.82. The topological polar surface area (TPSA) is 105 Å². The highest BCUT2D eigenvalue weighted by Crippen LogP contribution is 2.32. The van der Waals surface area contributed by atoms with Crippen molar-refractivity contribution in [2.24, 2.45) is 0 Å². The molecule has 9 nitrogen and oxygen atoms in total. The smallest absolute Gasteiger partial charge is 0.264 e. The molecule has 3 aromatic rings. The average molecular weight is 616 g/mol. The maximum absolute atomic E-state index is 14.1. The summed E-state index contributed by atoms with van der Waals surface area (Å²) in [5, 5.41) is 3.34. The number of methoxy groups -OCH3 is 2. The number of hydrogen-bond acceptors (Lipinski definition) is 6. The van der Waals surface area contributed by atoms with Crippen LogP contribution in [0.25, 0.3) is 0 Å². The molecule has 3 rings (SSSR count). The van der Waals surface area contributed by atoms with Gasteiger partial charge in [-0.3, -0.25) is 13.9 Å². The van der Waals surface area contributed by atoms with Crippen molar-refractivity contribution in [2.75, 3.05) is 31.6 Å². The minimum Gasteiger partial charge on any atom is -0.493 e. The molecular formula is C31H38ClN3O6S. The number of carbonyl (C=O) groups excluding carboxylic acids is 2. The third kappa shape index (κ3) is 8.17. The molecule has 0 unspecified atom stereocenters. The molecule has 0 bridgehead atoms. The van der Waals surface area contributed by atoms with Crippen LogP contribution < -0.4 is 19.1 Å². The first-order valence-corrected chi connectivity index (χ1v) is 15.5. The molecule has 2 atom stereocenters. The first-order valence-electron chi connectivity index (χ1n) is 13.7. The van der Waals surface area contributed by atoms with Crippen LogP contribution in [0.4, 0.5) is 5.69 Å². The van der Waals surface area contributed by atoms with Gasteiger partial charge in [0.05, 0.1) is 24.8 Å². The number of amides is 2. The molecule has 0 aliphatic carbocycles. The van der Waals surface area contributed by atoms with Crippen LogP contribution in [0.5, 0.6) is 11.5 Å². The minimum absolute atomic E-state index is 0.0815. The van der Waals surface area contributed by atoms with Gasteiger partial charge in [-0.2, -0.15) is 0 Å². The second-order valence-corrected chi connectivity index (χ2v) is 12.1. The molecule has 0 saturated heterocycles. The van der Waals surface area contributed by atoms with Gasteiger partial charge >= 0.3 is 0 Å². The molecule has 0 aliphatic heterocycles. The van der Waals surface area contributed by atoms with Crippen molar-refractivity contribution >= 4 is 39.1 Å². The summed E-state index contributed by atoms with van der Waals surface area (Å²) in [6.07, 6.45) is 1.21. The highest BCUT2D eigenvalue weighted by atomic mass is 35.5. The van der Waals surface area contributed by atoms with Crippen LogP contribution in [-0.4, -0.2) is 64.5 Å². The molecule has 0 aromatic heterocycles. The van der Waals surface area contributed by atoms with E-state index in [1.165, 1.54) is 49.5 Å². The molecule has 3 aromatic carbocycles. The van der Waals surface area contributed by atoms with E-state index in [4.69, 9.17) is 21.1 Å². The van der Waals surface area contributed by atoms with E-state index in [1.807, 2.05) is 44.2 Å². The third-order valence-corrected chi connectivity index (χ3v) is 9.01. The summed E-state index contributed by atoms with van der Waals surface area (Å²) in [7, 11) is -1.42. The molecule has 1 N–H and O–H groups in total. The Hall–Kier alpha value is -3.76. The lowest BCUT2D eigenvalue weighted by molar-refractivity contribution is -0.139. The van der Waals surface area contributed by atoms with Gasteiger partial charge in [-0.05, 0) is 68.7 Å². The quantitative estimate of drug-likeness (QED) is 0.276. The van der Waals surface area contributed by atoms with Gasteiger partial charge in [0.25, 0.3) is 10.0 Å². The third-order valence-electron chi connectivity index (χ3n) is 6.99. The Morgan fingerprint density at radius 3 is 2.17 bits per heavy atom. The highest BCUT2D eigenvalue weighted by Gasteiger charge is 2.33. The van der Waals surface area contributed by atoms with Gasteiger partial charge in [-0.1, -0.05) is 48.9 Å². The molecule has 0 aliphatic rings. The highest BCUT2D eigenvalue weighted by molar-refractivity contribution is 7.92. The summed E-state index contributed by atoms with van der Waals surface area (Å²) < 4.78 is 39.7. The van der Waals surface area contributed by atoms with E-state index in [1.54, 1.807) is 19.1 Å². The molecule has 0 fully saturated rings. The van der Waals surface area contributed by atoms with E-state index in [0.717, 1.165) is 16.3 Å². The molecule has 42 heavy (non-hydrogen) atoms. The van der Waals surface area contributed by atoms with Crippen molar-refractivity contribution in [3.05, 3.63) is 83.4 Å². The van der Waals surface area contributed by atoms with E-state index in [0.29, 0.717) is 17.2 Å².